The molecule has 0 aliphatic rings. The average molecular weight is 201 g/mol. The van der Waals surface area contributed by atoms with Crippen LogP contribution in [0.1, 0.15) is 39.5 Å². The molecule has 0 heterocycles. The van der Waals surface area contributed by atoms with Crippen LogP contribution in [-0.4, -0.2) is 25.0 Å². The Labute approximate surface area is 85.0 Å². The van der Waals surface area contributed by atoms with E-state index in [0.29, 0.717) is 19.6 Å². The van der Waals surface area contributed by atoms with Crippen molar-refractivity contribution in [1.82, 2.24) is 5.32 Å². The second-order valence-electron chi connectivity index (χ2n) is 3.01. The predicted molar refractivity (Wildman–Crippen MR) is 53.8 cm³/mol. The molecule has 0 bridgehead atoms. The smallest absolute Gasteiger partial charge is 0.307 e. The molecule has 0 aliphatic carbocycles. The highest BCUT2D eigenvalue weighted by Gasteiger charge is 2.03. The molecule has 0 aromatic rings. The summed E-state index contributed by atoms with van der Waals surface area (Å²) in [5, 5.41) is 2.67. The summed E-state index contributed by atoms with van der Waals surface area (Å²) in [5.41, 5.74) is 0. The number of hydrogen-bond donors (Lipinski definition) is 1. The van der Waals surface area contributed by atoms with Crippen LogP contribution in [0.2, 0.25) is 0 Å². The zero-order chi connectivity index (χ0) is 10.8. The summed E-state index contributed by atoms with van der Waals surface area (Å²) in [6, 6.07) is 0. The van der Waals surface area contributed by atoms with E-state index in [-0.39, 0.29) is 18.3 Å². The summed E-state index contributed by atoms with van der Waals surface area (Å²) < 4.78 is 4.71. The number of hydrogen-bond acceptors (Lipinski definition) is 3. The number of carbonyl (C=O) groups is 2. The number of esters is 1. The zero-order valence-electron chi connectivity index (χ0n) is 8.97. The van der Waals surface area contributed by atoms with E-state index in [1.54, 1.807) is 6.92 Å². The lowest BCUT2D eigenvalue weighted by Gasteiger charge is -2.04. The van der Waals surface area contributed by atoms with Crippen LogP contribution in [0.4, 0.5) is 0 Å². The summed E-state index contributed by atoms with van der Waals surface area (Å²) in [4.78, 5) is 21.9. The molecule has 0 aliphatic heterocycles. The van der Waals surface area contributed by atoms with E-state index in [9.17, 15) is 9.59 Å². The first kappa shape index (κ1) is 12.9. The summed E-state index contributed by atoms with van der Waals surface area (Å²) in [6.45, 7) is 4.56. The molecule has 4 nitrogen and oxygen atoms in total. The summed E-state index contributed by atoms with van der Waals surface area (Å²) in [5.74, 6) is -0.251. The predicted octanol–water partition coefficient (Wildman–Crippen LogP) is 1.25. The van der Waals surface area contributed by atoms with Crippen LogP contribution in [0, 0.1) is 0 Å². The van der Waals surface area contributed by atoms with Crippen LogP contribution in [0.5, 0.6) is 0 Å². The molecule has 0 saturated carbocycles. The maximum Gasteiger partial charge on any atom is 0.307 e. The maximum absolute atomic E-state index is 11.1. The molecule has 0 fully saturated rings. The van der Waals surface area contributed by atoms with Gasteiger partial charge in [-0.2, -0.15) is 0 Å². The molecule has 0 atom stereocenters. The van der Waals surface area contributed by atoms with Gasteiger partial charge in [-0.05, 0) is 13.3 Å². The van der Waals surface area contributed by atoms with Gasteiger partial charge in [0.25, 0.3) is 0 Å². The summed E-state index contributed by atoms with van der Waals surface area (Å²) >= 11 is 0. The lowest BCUT2D eigenvalue weighted by atomic mass is 10.2. The Morgan fingerprint density at radius 3 is 2.50 bits per heavy atom. The first-order chi connectivity index (χ1) is 6.70. The Hall–Kier alpha value is -1.06. The van der Waals surface area contributed by atoms with E-state index in [1.807, 2.05) is 6.92 Å². The Morgan fingerprint density at radius 2 is 1.93 bits per heavy atom. The first-order valence-electron chi connectivity index (χ1n) is 5.13. The van der Waals surface area contributed by atoms with Crippen molar-refractivity contribution in [2.75, 3.05) is 13.2 Å². The third kappa shape index (κ3) is 7.58. The van der Waals surface area contributed by atoms with Crippen molar-refractivity contribution in [2.24, 2.45) is 0 Å². The molecular formula is C10H19NO3. The number of rotatable bonds is 7. The van der Waals surface area contributed by atoms with Gasteiger partial charge in [0.05, 0.1) is 13.0 Å². The van der Waals surface area contributed by atoms with E-state index >= 15 is 0 Å². The van der Waals surface area contributed by atoms with Crippen molar-refractivity contribution in [3.63, 3.8) is 0 Å². The largest absolute Gasteiger partial charge is 0.466 e. The molecule has 0 aromatic heterocycles. The van der Waals surface area contributed by atoms with Crippen LogP contribution >= 0.6 is 0 Å². The quantitative estimate of drug-likeness (QED) is 0.631. The van der Waals surface area contributed by atoms with Gasteiger partial charge in [-0.15, -0.1) is 0 Å². The highest BCUT2D eigenvalue weighted by molar-refractivity contribution is 5.76. The molecule has 0 unspecified atom stereocenters. The van der Waals surface area contributed by atoms with E-state index in [1.165, 1.54) is 0 Å². The minimum atomic E-state index is -0.261. The summed E-state index contributed by atoms with van der Waals surface area (Å²) in [7, 11) is 0. The molecule has 0 radical (unpaired) electrons. The summed E-state index contributed by atoms with van der Waals surface area (Å²) in [6.07, 6.45) is 2.70. The van der Waals surface area contributed by atoms with Gasteiger partial charge in [0.15, 0.2) is 0 Å². The number of unbranched alkanes of at least 4 members (excludes halogenated alkanes) is 1. The fourth-order valence-electron chi connectivity index (χ4n) is 0.963. The van der Waals surface area contributed by atoms with Crippen molar-refractivity contribution < 1.29 is 14.3 Å². The average Bonchev–Trinajstić information content (AvgIpc) is 2.15. The van der Waals surface area contributed by atoms with Gasteiger partial charge in [-0.3, -0.25) is 9.59 Å². The number of nitrogens with one attached hydrogen (secondary N) is 1. The Kier molecular flexibility index (Phi) is 7.89. The molecule has 82 valence electrons. The lowest BCUT2D eigenvalue weighted by molar-refractivity contribution is -0.143. The van der Waals surface area contributed by atoms with Crippen LogP contribution in [0.25, 0.3) is 0 Å². The van der Waals surface area contributed by atoms with Gasteiger partial charge >= 0.3 is 5.97 Å². The maximum atomic E-state index is 11.1. The van der Waals surface area contributed by atoms with E-state index in [0.717, 1.165) is 12.8 Å². The molecule has 0 saturated heterocycles. The van der Waals surface area contributed by atoms with Gasteiger partial charge in [0.1, 0.15) is 0 Å². The van der Waals surface area contributed by atoms with Gasteiger partial charge in [0.2, 0.25) is 5.91 Å². The van der Waals surface area contributed by atoms with Crippen molar-refractivity contribution in [2.45, 2.75) is 39.5 Å². The standard InChI is InChI=1S/C10H19NO3/c1-3-5-6-9(12)11-8-7-10(13)14-4-2/h3-8H2,1-2H3,(H,11,12). The second kappa shape index (κ2) is 8.53. The number of carbonyl (C=O) groups excluding carboxylic acids is 2. The molecule has 1 amide bonds. The van der Waals surface area contributed by atoms with Crippen LogP contribution in [0.3, 0.4) is 0 Å². The van der Waals surface area contributed by atoms with Crippen molar-refractivity contribution >= 4 is 11.9 Å². The van der Waals surface area contributed by atoms with E-state index < -0.39 is 0 Å². The number of amides is 1. The first-order valence-corrected chi connectivity index (χ1v) is 5.13. The molecule has 1 N–H and O–H groups in total. The van der Waals surface area contributed by atoms with Gasteiger partial charge in [0, 0.05) is 13.0 Å². The van der Waals surface area contributed by atoms with Crippen LogP contribution in [-0.2, 0) is 14.3 Å². The fraction of sp³-hybridized carbons (Fsp3) is 0.800. The third-order valence-electron chi connectivity index (χ3n) is 1.71. The van der Waals surface area contributed by atoms with Crippen molar-refractivity contribution in [1.29, 1.82) is 0 Å². The molecular weight excluding hydrogens is 182 g/mol. The van der Waals surface area contributed by atoms with Gasteiger partial charge in [-0.1, -0.05) is 13.3 Å². The topological polar surface area (TPSA) is 55.4 Å². The minimum absolute atomic E-state index is 0.0103. The molecule has 0 rings (SSSR count). The van der Waals surface area contributed by atoms with E-state index in [2.05, 4.69) is 5.32 Å². The molecule has 0 spiro atoms. The highest BCUT2D eigenvalue weighted by atomic mass is 16.5. The fourth-order valence-corrected chi connectivity index (χ4v) is 0.963. The van der Waals surface area contributed by atoms with Crippen LogP contribution in [0.15, 0.2) is 0 Å². The Balaban J connectivity index is 3.34. The normalized spacial score (nSPS) is 9.57. The molecule has 14 heavy (non-hydrogen) atoms. The highest BCUT2D eigenvalue weighted by Crippen LogP contribution is 1.93. The van der Waals surface area contributed by atoms with Crippen LogP contribution < -0.4 is 5.32 Å². The monoisotopic (exact) mass is 201 g/mol. The van der Waals surface area contributed by atoms with Gasteiger partial charge in [-0.25, -0.2) is 0 Å². The molecule has 4 heteroatoms. The second-order valence-corrected chi connectivity index (χ2v) is 3.01. The lowest BCUT2D eigenvalue weighted by Crippen LogP contribution is -2.26. The molecule has 0 aromatic carbocycles. The zero-order valence-corrected chi connectivity index (χ0v) is 8.97. The SMILES string of the molecule is CCCCC(=O)NCCC(=O)OCC. The minimum Gasteiger partial charge on any atom is -0.466 e. The van der Waals surface area contributed by atoms with Crippen molar-refractivity contribution in [3.8, 4) is 0 Å². The Bertz CT molecular complexity index is 180. The Morgan fingerprint density at radius 1 is 1.21 bits per heavy atom. The van der Waals surface area contributed by atoms with Gasteiger partial charge < -0.3 is 10.1 Å². The van der Waals surface area contributed by atoms with E-state index in [4.69, 9.17) is 4.74 Å². The third-order valence-corrected chi connectivity index (χ3v) is 1.71. The van der Waals surface area contributed by atoms with Crippen molar-refractivity contribution in [3.05, 3.63) is 0 Å². The number of ether oxygens (including phenoxy) is 1.